The summed E-state index contributed by atoms with van der Waals surface area (Å²) in [5, 5.41) is 26.3. The van der Waals surface area contributed by atoms with E-state index in [1.165, 1.54) is 35.9 Å². The number of nitriles is 1. The molecule has 0 atom stereocenters. The molecule has 0 amide bonds. The van der Waals surface area contributed by atoms with Crippen molar-refractivity contribution in [1.29, 1.82) is 5.26 Å². The lowest BCUT2D eigenvalue weighted by atomic mass is 9.98. The molecular formula is C92H100Cl5F4N27O2. The molecule has 0 bridgehead atoms. The number of halogens is 9. The van der Waals surface area contributed by atoms with Gasteiger partial charge in [-0.15, -0.1) is 0 Å². The van der Waals surface area contributed by atoms with Crippen LogP contribution >= 0.6 is 58.0 Å². The highest BCUT2D eigenvalue weighted by Crippen LogP contribution is 2.40. The van der Waals surface area contributed by atoms with E-state index in [-0.39, 0.29) is 47.5 Å². The minimum absolute atomic E-state index is 0.0659. The van der Waals surface area contributed by atoms with Crippen molar-refractivity contribution in [1.82, 2.24) is 69.8 Å². The summed E-state index contributed by atoms with van der Waals surface area (Å²) in [4.78, 5) is 57.8. The molecule has 29 nitrogen and oxygen atoms in total. The Morgan fingerprint density at radius 3 is 1.07 bits per heavy atom. The molecule has 0 aliphatic heterocycles. The van der Waals surface area contributed by atoms with Gasteiger partial charge in [0.1, 0.15) is 46.4 Å². The Balaban J connectivity index is 0.000000187. The lowest BCUT2D eigenvalue weighted by Crippen LogP contribution is -2.06. The zero-order valence-electron chi connectivity index (χ0n) is 74.7. The molecule has 14 rings (SSSR count). The van der Waals surface area contributed by atoms with Gasteiger partial charge < -0.3 is 76.2 Å². The zero-order valence-corrected chi connectivity index (χ0v) is 78.4. The average Bonchev–Trinajstić information content (AvgIpc) is 0.793. The molecular weight excluding hydrogens is 1770 g/mol. The molecule has 0 unspecified atom stereocenters. The number of aryl methyl sites for hydroxylation is 11. The van der Waals surface area contributed by atoms with Crippen molar-refractivity contribution in [2.45, 2.75) is 95.2 Å². The van der Waals surface area contributed by atoms with Crippen molar-refractivity contribution >= 4 is 129 Å². The second-order valence-corrected chi connectivity index (χ2v) is 30.9. The number of alkyl halides is 3. The SMILES string of the molecule is CCc1cc(-c2cc(C(F)(F)F)ccc2C)nc(N)n1.CCc1cc(-c2cc(Cl)ccc2C#N)nc(N)n1.CNc1cc(-c2cc(C)c(C)cc2C)nc(N)n1.CNc1cc(-c2cc(C)c(F)cc2C)nc(N)n1.CNc1cc(-c2cc(C)c(OC)cc2C)nc(N)n1.CNc1cc(-c2cc(Cl)c(Cl)cc2C)nc(N)n1.CNc1cc(-c2cc(Cl)c(OC)cc2Cl)nc(N)n1. The maximum Gasteiger partial charge on any atom is 0.416 e. The Kier molecular flexibility index (Phi) is 35.9. The third kappa shape index (κ3) is 27.5. The van der Waals surface area contributed by atoms with E-state index in [0.717, 1.165) is 91.7 Å². The Morgan fingerprint density at radius 2 is 0.662 bits per heavy atom. The highest BCUT2D eigenvalue weighted by molar-refractivity contribution is 6.42. The smallest absolute Gasteiger partial charge is 0.416 e. The van der Waals surface area contributed by atoms with Gasteiger partial charge in [-0.05, 0) is 216 Å². The molecule has 0 fully saturated rings. The van der Waals surface area contributed by atoms with Crippen molar-refractivity contribution in [2.75, 3.05) is 116 Å². The first kappa shape index (κ1) is 101. The molecule has 130 heavy (non-hydrogen) atoms. The summed E-state index contributed by atoms with van der Waals surface area (Å²) in [6, 6.07) is 41.9. The quantitative estimate of drug-likeness (QED) is 0.0400. The largest absolute Gasteiger partial charge is 0.496 e. The summed E-state index contributed by atoms with van der Waals surface area (Å²) >= 11 is 30.2. The standard InChI is InChI=1S/C14H14F3N3.C14H18N4O.C14H18N4.C13H11ClN4.C13H15FN4.C12H12Cl2N4O.C12H12Cl2N4/c1-3-10-7-12(20-13(18)19-10)11-6-9(14(15,16)17)5-4-8(11)2;1-8-6-12(19-4)9(2)5-10(8)11-7-13(16-3)18-14(15)17-11;1-8-5-10(3)11(6-9(8)2)12-7-13(16-4)18-14(15)17-12;1-2-10-6-12(18-13(16)17-10)11-5-9(14)4-3-8(11)7-15;1-7-5-10(14)8(2)4-9(7)11-6-12(16-3)18-13(15)17-11;1-16-11-5-9(17-12(15)18-11)6-3-8(14)10(19-2)4-7(6)13;1-6-3-8(13)9(14)4-7(6)10-5-11(16-2)18-12(15)17-10/h4-7H,3H2,1-2H3,(H2,18,19,20);5-7H,1-4H3,(H3,15,16,17,18);5-7H,1-4H3,(H3,15,16,17,18);3-6H,2H2,1H3,(H2,16,17,18);4-6H,1-3H3,(H3,15,16,17,18);3-5H,1-2H3,(H3,15,16,17,18);3-5H,1-2H3,(H3,15,16,17,18). The van der Waals surface area contributed by atoms with Crippen molar-refractivity contribution in [3.8, 4) is 96.4 Å². The lowest BCUT2D eigenvalue weighted by molar-refractivity contribution is -0.137. The molecule has 38 heteroatoms. The van der Waals surface area contributed by atoms with E-state index in [0.29, 0.717) is 128 Å². The first-order chi connectivity index (χ1) is 61.6. The second-order valence-electron chi connectivity index (χ2n) is 28.8. The number of nitrogen functional groups attached to an aromatic ring is 7. The first-order valence-corrected chi connectivity index (χ1v) is 41.7. The molecule has 678 valence electrons. The van der Waals surface area contributed by atoms with Gasteiger partial charge in [0, 0.05) is 127 Å². The third-order valence-corrected chi connectivity index (χ3v) is 21.1. The predicted octanol–water partition coefficient (Wildman–Crippen LogP) is 20.5. The molecule has 0 saturated carbocycles. The van der Waals surface area contributed by atoms with Crippen molar-refractivity contribution in [2.24, 2.45) is 0 Å². The molecule has 14 aromatic rings. The van der Waals surface area contributed by atoms with Gasteiger partial charge in [0.25, 0.3) is 0 Å². The van der Waals surface area contributed by atoms with Gasteiger partial charge in [-0.1, -0.05) is 84.0 Å². The van der Waals surface area contributed by atoms with Crippen LogP contribution in [-0.2, 0) is 19.0 Å². The number of nitrogens with two attached hydrogens (primary N) is 7. The highest BCUT2D eigenvalue weighted by atomic mass is 35.5. The number of ether oxygens (including phenoxy) is 2. The number of hydrogen-bond donors (Lipinski definition) is 12. The molecule has 7 aromatic carbocycles. The molecule has 0 aliphatic carbocycles. The van der Waals surface area contributed by atoms with E-state index in [2.05, 4.69) is 141 Å². The number of rotatable bonds is 16. The van der Waals surface area contributed by atoms with Crippen LogP contribution in [0.1, 0.15) is 86.4 Å². The molecule has 0 spiro atoms. The number of nitrogens with zero attached hydrogens (tertiary/aromatic N) is 15. The van der Waals surface area contributed by atoms with Crippen molar-refractivity contribution in [3.63, 3.8) is 0 Å². The van der Waals surface area contributed by atoms with E-state index in [1.54, 1.807) is 116 Å². The fourth-order valence-electron chi connectivity index (χ4n) is 12.6. The van der Waals surface area contributed by atoms with E-state index < -0.39 is 11.7 Å². The van der Waals surface area contributed by atoms with Gasteiger partial charge >= 0.3 is 6.18 Å². The van der Waals surface area contributed by atoms with E-state index in [9.17, 15) is 17.6 Å². The number of hydrogen-bond acceptors (Lipinski definition) is 29. The summed E-state index contributed by atoms with van der Waals surface area (Å²) in [6.07, 6.45) is -2.99. The molecule has 19 N–H and O–H groups in total. The minimum Gasteiger partial charge on any atom is -0.496 e. The van der Waals surface area contributed by atoms with Crippen LogP contribution in [0.3, 0.4) is 0 Å². The van der Waals surface area contributed by atoms with E-state index in [4.69, 9.17) is 113 Å². The number of benzene rings is 7. The van der Waals surface area contributed by atoms with Crippen LogP contribution in [0.5, 0.6) is 11.5 Å². The van der Waals surface area contributed by atoms with Crippen molar-refractivity contribution < 1.29 is 27.0 Å². The zero-order chi connectivity index (χ0) is 95.9. The van der Waals surface area contributed by atoms with Gasteiger partial charge in [0.2, 0.25) is 41.6 Å². The molecule has 7 heterocycles. The highest BCUT2D eigenvalue weighted by Gasteiger charge is 2.31. The van der Waals surface area contributed by atoms with Crippen LogP contribution in [0.25, 0.3) is 78.8 Å². The van der Waals surface area contributed by atoms with E-state index in [1.807, 2.05) is 78.9 Å². The lowest BCUT2D eigenvalue weighted by Gasteiger charge is -2.12. The van der Waals surface area contributed by atoms with Gasteiger partial charge in [-0.3, -0.25) is 0 Å². The van der Waals surface area contributed by atoms with Crippen LogP contribution in [0.4, 0.5) is 88.3 Å². The Hall–Kier alpha value is -14.0. The maximum atomic E-state index is 13.4. The topological polar surface area (TPSA) is 465 Å². The summed E-state index contributed by atoms with van der Waals surface area (Å²) in [5.41, 5.74) is 60.3. The summed E-state index contributed by atoms with van der Waals surface area (Å²) in [5.74, 6) is 5.87. The summed E-state index contributed by atoms with van der Waals surface area (Å²) in [6.45, 7) is 21.4. The third-order valence-electron chi connectivity index (χ3n) is 19.5. The summed E-state index contributed by atoms with van der Waals surface area (Å²) < 4.78 is 62.2. The number of anilines is 12. The van der Waals surface area contributed by atoms with Gasteiger partial charge in [0.05, 0.1) is 91.4 Å². The fourth-order valence-corrected chi connectivity index (χ4v) is 13.7. The monoisotopic (exact) mass is 1870 g/mol. The van der Waals surface area contributed by atoms with Crippen molar-refractivity contribution in [3.05, 3.63) is 243 Å². The van der Waals surface area contributed by atoms with Crippen LogP contribution in [-0.4, -0.2) is 119 Å². The molecule has 0 radical (unpaired) electrons. The summed E-state index contributed by atoms with van der Waals surface area (Å²) in [7, 11) is 12.1. The molecule has 0 aliphatic rings. The minimum atomic E-state index is -4.38. The number of nitrogens with one attached hydrogen (secondary N) is 5. The first-order valence-electron chi connectivity index (χ1n) is 39.8. The fraction of sp³-hybridized carbons (Fsp3) is 0.228. The van der Waals surface area contributed by atoms with Gasteiger partial charge in [-0.2, -0.15) is 43.4 Å². The Bertz CT molecular complexity index is 6080. The maximum absolute atomic E-state index is 13.4. The van der Waals surface area contributed by atoms with Crippen LogP contribution in [0.15, 0.2) is 140 Å². The molecule has 0 saturated heterocycles. The van der Waals surface area contributed by atoms with Crippen LogP contribution < -0.4 is 76.2 Å². The number of methoxy groups -OCH3 is 2. The Morgan fingerprint density at radius 1 is 0.323 bits per heavy atom. The normalized spacial score (nSPS) is 10.5. The second kappa shape index (κ2) is 46.1. The molecule has 7 aromatic heterocycles. The van der Waals surface area contributed by atoms with Crippen LogP contribution in [0, 0.1) is 79.5 Å². The Labute approximate surface area is 776 Å². The van der Waals surface area contributed by atoms with Gasteiger partial charge in [-0.25, -0.2) is 49.2 Å². The predicted molar refractivity (Wildman–Crippen MR) is 520 cm³/mol. The number of aromatic nitrogens is 14. The van der Waals surface area contributed by atoms with Crippen LogP contribution in [0.2, 0.25) is 25.1 Å². The average molecular weight is 1870 g/mol. The van der Waals surface area contributed by atoms with E-state index >= 15 is 0 Å². The van der Waals surface area contributed by atoms with Gasteiger partial charge in [0.15, 0.2) is 0 Å².